The van der Waals surface area contributed by atoms with Gasteiger partial charge in [0.1, 0.15) is 0 Å². The fraction of sp³-hybridized carbons (Fsp3) is 0.278. The maximum Gasteiger partial charge on any atom is 0.253 e. The Morgan fingerprint density at radius 3 is 2.14 bits per heavy atom. The number of carbonyl (C=O) groups excluding carboxylic acids is 1. The van der Waals surface area contributed by atoms with Crippen LogP contribution in [0.2, 0.25) is 0 Å². The summed E-state index contributed by atoms with van der Waals surface area (Å²) < 4.78 is 1.05. The Hall–Kier alpha value is -1.61. The zero-order valence-corrected chi connectivity index (χ0v) is 14.2. The number of amides is 1. The van der Waals surface area contributed by atoms with Crippen LogP contribution < -0.4 is 0 Å². The molecule has 2 aromatic carbocycles. The van der Waals surface area contributed by atoms with Gasteiger partial charge in [-0.3, -0.25) is 4.79 Å². The van der Waals surface area contributed by atoms with Crippen LogP contribution in [-0.2, 0) is 6.54 Å². The first-order valence-electron chi connectivity index (χ1n) is 7.07. The van der Waals surface area contributed by atoms with Crippen LogP contribution in [0.3, 0.4) is 0 Å². The van der Waals surface area contributed by atoms with E-state index in [2.05, 4.69) is 29.8 Å². The third-order valence-electron chi connectivity index (χ3n) is 3.50. The van der Waals surface area contributed by atoms with Crippen LogP contribution in [-0.4, -0.2) is 17.9 Å². The molecule has 0 aromatic heterocycles. The van der Waals surface area contributed by atoms with E-state index in [0.29, 0.717) is 12.5 Å². The third-order valence-corrected chi connectivity index (χ3v) is 4.03. The number of rotatable bonds is 4. The highest BCUT2D eigenvalue weighted by Gasteiger charge is 2.12. The fourth-order valence-electron chi connectivity index (χ4n) is 2.17. The molecule has 0 N–H and O–H groups in total. The van der Waals surface area contributed by atoms with E-state index in [9.17, 15) is 4.79 Å². The highest BCUT2D eigenvalue weighted by molar-refractivity contribution is 9.10. The van der Waals surface area contributed by atoms with Crippen molar-refractivity contribution in [3.63, 3.8) is 0 Å². The normalized spacial score (nSPS) is 10.7. The summed E-state index contributed by atoms with van der Waals surface area (Å²) in [7, 11) is 1.83. The van der Waals surface area contributed by atoms with Crippen molar-refractivity contribution in [3.05, 3.63) is 69.7 Å². The molecule has 2 nitrogen and oxygen atoms in total. The largest absolute Gasteiger partial charge is 0.337 e. The van der Waals surface area contributed by atoms with Gasteiger partial charge in [0.15, 0.2) is 0 Å². The third kappa shape index (κ3) is 4.18. The SMILES string of the molecule is CC(C)c1ccc(C(=O)N(C)Cc2ccc(Br)cc2)cc1. The molecule has 2 rings (SSSR count). The number of nitrogens with zero attached hydrogens (tertiary/aromatic N) is 1. The molecule has 0 atom stereocenters. The van der Waals surface area contributed by atoms with Gasteiger partial charge < -0.3 is 4.90 Å². The minimum absolute atomic E-state index is 0.0493. The Morgan fingerprint density at radius 2 is 1.62 bits per heavy atom. The molecular formula is C18H20BrNO. The van der Waals surface area contributed by atoms with E-state index >= 15 is 0 Å². The second-order valence-corrected chi connectivity index (χ2v) is 6.48. The molecule has 0 fully saturated rings. The summed E-state index contributed by atoms with van der Waals surface area (Å²) in [6, 6.07) is 15.9. The van der Waals surface area contributed by atoms with Crippen LogP contribution in [0.4, 0.5) is 0 Å². The molecular weight excluding hydrogens is 326 g/mol. The van der Waals surface area contributed by atoms with Crippen LogP contribution in [0.25, 0.3) is 0 Å². The predicted octanol–water partition coefficient (Wildman–Crippen LogP) is 4.84. The quantitative estimate of drug-likeness (QED) is 0.775. The molecule has 0 aliphatic heterocycles. The predicted molar refractivity (Wildman–Crippen MR) is 90.5 cm³/mol. The standard InChI is InChI=1S/C18H20BrNO/c1-13(2)15-6-8-16(9-7-15)18(21)20(3)12-14-4-10-17(19)11-5-14/h4-11,13H,12H2,1-3H3. The number of benzene rings is 2. The highest BCUT2D eigenvalue weighted by Crippen LogP contribution is 2.16. The second kappa shape index (κ2) is 6.90. The first-order chi connectivity index (χ1) is 9.97. The fourth-order valence-corrected chi connectivity index (χ4v) is 2.43. The van der Waals surface area contributed by atoms with Gasteiger partial charge in [-0.05, 0) is 41.3 Å². The molecule has 3 heteroatoms. The van der Waals surface area contributed by atoms with E-state index in [1.165, 1.54) is 5.56 Å². The summed E-state index contributed by atoms with van der Waals surface area (Å²) >= 11 is 3.42. The van der Waals surface area contributed by atoms with Gasteiger partial charge >= 0.3 is 0 Å². The average molecular weight is 346 g/mol. The maximum absolute atomic E-state index is 12.4. The summed E-state index contributed by atoms with van der Waals surface area (Å²) in [4.78, 5) is 14.2. The van der Waals surface area contributed by atoms with Crippen LogP contribution in [0.1, 0.15) is 41.3 Å². The van der Waals surface area contributed by atoms with E-state index in [0.717, 1.165) is 15.6 Å². The molecule has 0 saturated heterocycles. The van der Waals surface area contributed by atoms with Gasteiger partial charge in [-0.2, -0.15) is 0 Å². The molecule has 0 aliphatic rings. The van der Waals surface area contributed by atoms with Crippen molar-refractivity contribution in [2.75, 3.05) is 7.05 Å². The molecule has 1 amide bonds. The minimum atomic E-state index is 0.0493. The summed E-state index contributed by atoms with van der Waals surface area (Å²) in [6.45, 7) is 4.91. The van der Waals surface area contributed by atoms with Gasteiger partial charge in [0.25, 0.3) is 5.91 Å². The Kier molecular flexibility index (Phi) is 5.18. The lowest BCUT2D eigenvalue weighted by Gasteiger charge is -2.18. The van der Waals surface area contributed by atoms with Crippen LogP contribution in [0, 0.1) is 0 Å². The van der Waals surface area contributed by atoms with E-state index in [-0.39, 0.29) is 5.91 Å². The number of halogens is 1. The van der Waals surface area contributed by atoms with Crippen LogP contribution in [0.5, 0.6) is 0 Å². The van der Waals surface area contributed by atoms with Crippen LogP contribution in [0.15, 0.2) is 53.0 Å². The molecule has 0 saturated carbocycles. The minimum Gasteiger partial charge on any atom is -0.337 e. The van der Waals surface area contributed by atoms with Crippen molar-refractivity contribution in [2.24, 2.45) is 0 Å². The van der Waals surface area contributed by atoms with Crippen molar-refractivity contribution in [2.45, 2.75) is 26.3 Å². The molecule has 0 bridgehead atoms. The Labute approximate surface area is 134 Å². The molecule has 0 heterocycles. The lowest BCUT2D eigenvalue weighted by molar-refractivity contribution is 0.0785. The topological polar surface area (TPSA) is 20.3 Å². The van der Waals surface area contributed by atoms with Crippen molar-refractivity contribution < 1.29 is 4.79 Å². The smallest absolute Gasteiger partial charge is 0.253 e. The molecule has 2 aromatic rings. The monoisotopic (exact) mass is 345 g/mol. The Bertz CT molecular complexity index is 602. The first kappa shape index (κ1) is 15.8. The van der Waals surface area contributed by atoms with Crippen molar-refractivity contribution >= 4 is 21.8 Å². The molecule has 0 aliphatic carbocycles. The summed E-state index contributed by atoms with van der Waals surface area (Å²) in [6.07, 6.45) is 0. The van der Waals surface area contributed by atoms with E-state index in [1.807, 2.05) is 55.6 Å². The molecule has 0 spiro atoms. The summed E-state index contributed by atoms with van der Waals surface area (Å²) in [5.41, 5.74) is 3.11. The van der Waals surface area contributed by atoms with Crippen molar-refractivity contribution in [1.29, 1.82) is 0 Å². The maximum atomic E-state index is 12.4. The van der Waals surface area contributed by atoms with Crippen molar-refractivity contribution in [3.8, 4) is 0 Å². The summed E-state index contributed by atoms with van der Waals surface area (Å²) in [5.74, 6) is 0.530. The highest BCUT2D eigenvalue weighted by atomic mass is 79.9. The zero-order valence-electron chi connectivity index (χ0n) is 12.6. The van der Waals surface area contributed by atoms with Gasteiger partial charge in [-0.25, -0.2) is 0 Å². The van der Waals surface area contributed by atoms with Crippen LogP contribution >= 0.6 is 15.9 Å². The number of hydrogen-bond acceptors (Lipinski definition) is 1. The average Bonchev–Trinajstić information content (AvgIpc) is 2.49. The molecule has 0 radical (unpaired) electrons. The Morgan fingerprint density at radius 1 is 1.05 bits per heavy atom. The van der Waals surface area contributed by atoms with Crippen molar-refractivity contribution in [1.82, 2.24) is 4.90 Å². The molecule has 110 valence electrons. The first-order valence-corrected chi connectivity index (χ1v) is 7.86. The number of hydrogen-bond donors (Lipinski definition) is 0. The zero-order chi connectivity index (χ0) is 15.4. The lowest BCUT2D eigenvalue weighted by atomic mass is 10.0. The summed E-state index contributed by atoms with van der Waals surface area (Å²) in [5, 5.41) is 0. The van der Waals surface area contributed by atoms with E-state index < -0.39 is 0 Å². The Balaban J connectivity index is 2.06. The van der Waals surface area contributed by atoms with E-state index in [1.54, 1.807) is 4.90 Å². The second-order valence-electron chi connectivity index (χ2n) is 5.56. The molecule has 21 heavy (non-hydrogen) atoms. The van der Waals surface area contributed by atoms with Gasteiger partial charge in [-0.15, -0.1) is 0 Å². The van der Waals surface area contributed by atoms with Gasteiger partial charge in [-0.1, -0.05) is 54.0 Å². The van der Waals surface area contributed by atoms with Gasteiger partial charge in [0.05, 0.1) is 0 Å². The van der Waals surface area contributed by atoms with Gasteiger partial charge in [0.2, 0.25) is 0 Å². The number of carbonyl (C=O) groups is 1. The lowest BCUT2D eigenvalue weighted by Crippen LogP contribution is -2.26. The van der Waals surface area contributed by atoms with E-state index in [4.69, 9.17) is 0 Å². The molecule has 0 unspecified atom stereocenters. The van der Waals surface area contributed by atoms with Gasteiger partial charge in [0, 0.05) is 23.6 Å².